The molecule has 0 aromatic heterocycles. The van der Waals surface area contributed by atoms with Crippen molar-refractivity contribution in [3.05, 3.63) is 0 Å². The van der Waals surface area contributed by atoms with Crippen LogP contribution < -0.4 is 5.32 Å². The number of cyclic esters (lactones) is 1. The molecule has 0 saturated carbocycles. The maximum absolute atomic E-state index is 10.7. The number of ether oxygens (including phenoxy) is 1. The van der Waals surface area contributed by atoms with E-state index in [9.17, 15) is 9.36 Å². The molecular weight excluding hydrogens is 153 g/mol. The topological polar surface area (TPSA) is 55.4 Å². The Hall–Kier alpha value is -0.470. The fourth-order valence-corrected chi connectivity index (χ4v) is 1.16. The van der Waals surface area contributed by atoms with E-state index in [0.29, 0.717) is 19.3 Å². The molecule has 0 radical (unpaired) electrons. The molecule has 1 atom stereocenters. The van der Waals surface area contributed by atoms with Gasteiger partial charge in [0.2, 0.25) is 0 Å². The lowest BCUT2D eigenvalue weighted by atomic mass is 10.2. The summed E-state index contributed by atoms with van der Waals surface area (Å²) >= 11 is 0. The van der Waals surface area contributed by atoms with Gasteiger partial charge in [0.05, 0.1) is 0 Å². The third kappa shape index (κ3) is 1.75. The van der Waals surface area contributed by atoms with Crippen LogP contribution in [0.25, 0.3) is 0 Å². The van der Waals surface area contributed by atoms with Crippen molar-refractivity contribution in [2.24, 2.45) is 0 Å². The van der Waals surface area contributed by atoms with E-state index in [1.54, 1.807) is 0 Å². The lowest BCUT2D eigenvalue weighted by Gasteiger charge is -1.99. The first-order valence-corrected chi connectivity index (χ1v) is 4.03. The van der Waals surface area contributed by atoms with Crippen molar-refractivity contribution in [3.63, 3.8) is 0 Å². The van der Waals surface area contributed by atoms with Gasteiger partial charge in [-0.25, -0.2) is 0 Å². The predicted octanol–water partition coefficient (Wildman–Crippen LogP) is 0.141. The summed E-state index contributed by atoms with van der Waals surface area (Å²) in [6, 6.07) is -0.235. The Bertz CT molecular complexity index is 150. The summed E-state index contributed by atoms with van der Waals surface area (Å²) in [7, 11) is 0.0845. The number of hydrogen-bond donors (Lipinski definition) is 1. The van der Waals surface area contributed by atoms with E-state index in [1.165, 1.54) is 0 Å². The molecule has 0 aliphatic carbocycles. The number of carbonyl (C=O) groups is 1. The van der Waals surface area contributed by atoms with Crippen LogP contribution in [0.1, 0.15) is 6.42 Å². The van der Waals surface area contributed by atoms with Gasteiger partial charge in [-0.2, -0.15) is 0 Å². The van der Waals surface area contributed by atoms with Gasteiger partial charge in [0, 0.05) is 6.16 Å². The lowest BCUT2D eigenvalue weighted by Crippen LogP contribution is -2.27. The fourth-order valence-electron chi connectivity index (χ4n) is 0.799. The average molecular weight is 161 g/mol. The first-order valence-electron chi connectivity index (χ1n) is 3.03. The molecule has 0 aromatic rings. The van der Waals surface area contributed by atoms with E-state index >= 15 is 0 Å². The van der Waals surface area contributed by atoms with Crippen LogP contribution in [0.5, 0.6) is 0 Å². The first-order chi connectivity index (χ1) is 4.84. The van der Waals surface area contributed by atoms with Gasteiger partial charge in [-0.3, -0.25) is 14.7 Å². The van der Waals surface area contributed by atoms with Crippen LogP contribution in [0.3, 0.4) is 0 Å². The molecule has 0 unspecified atom stereocenters. The van der Waals surface area contributed by atoms with Gasteiger partial charge in [0.25, 0.3) is 0 Å². The van der Waals surface area contributed by atoms with E-state index in [-0.39, 0.29) is 20.5 Å². The van der Waals surface area contributed by atoms with Crippen LogP contribution in [-0.4, -0.2) is 24.9 Å². The molecule has 4 nitrogen and oxygen atoms in total. The fraction of sp³-hybridized carbons (Fsp3) is 0.800. The van der Waals surface area contributed by atoms with Crippen LogP contribution >= 0.6 is 8.46 Å². The van der Waals surface area contributed by atoms with Crippen molar-refractivity contribution >= 4 is 14.4 Å². The van der Waals surface area contributed by atoms with Gasteiger partial charge in [-0.15, -0.1) is 0 Å². The Morgan fingerprint density at radius 3 is 3.10 bits per heavy atom. The van der Waals surface area contributed by atoms with Gasteiger partial charge in [0.1, 0.15) is 12.8 Å². The largest absolute Gasteiger partial charge is 0.449 e. The number of hydrogen-bond acceptors (Lipinski definition) is 4. The number of esters is 1. The van der Waals surface area contributed by atoms with Gasteiger partial charge < -0.3 is 4.74 Å². The van der Waals surface area contributed by atoms with Crippen molar-refractivity contribution < 1.29 is 14.1 Å². The molecule has 1 saturated heterocycles. The summed E-state index contributed by atoms with van der Waals surface area (Å²) in [6.45, 7) is 0.291. The first kappa shape index (κ1) is 7.63. The summed E-state index contributed by atoms with van der Waals surface area (Å²) in [5, 5.41) is 2.83. The van der Waals surface area contributed by atoms with E-state index in [2.05, 4.69) is 10.1 Å². The zero-order valence-corrected chi connectivity index (χ0v) is 6.27. The van der Waals surface area contributed by atoms with Crippen LogP contribution in [0.4, 0.5) is 0 Å². The van der Waals surface area contributed by atoms with E-state index in [0.717, 1.165) is 0 Å². The average Bonchev–Trinajstić information content (AvgIpc) is 2.31. The molecule has 1 rings (SSSR count). The Balaban J connectivity index is 2.26. The van der Waals surface area contributed by atoms with Gasteiger partial charge >= 0.3 is 5.97 Å². The minimum Gasteiger partial charge on any atom is -0.449 e. The summed E-state index contributed by atoms with van der Waals surface area (Å²) in [5.41, 5.74) is 0. The third-order valence-corrected chi connectivity index (χ3v) is 1.78. The quantitative estimate of drug-likeness (QED) is 0.472. The van der Waals surface area contributed by atoms with Crippen LogP contribution in [0.15, 0.2) is 0 Å². The highest BCUT2D eigenvalue weighted by molar-refractivity contribution is 7.23. The van der Waals surface area contributed by atoms with Crippen molar-refractivity contribution in [1.82, 2.24) is 5.32 Å². The Labute approximate surface area is 60.1 Å². The molecule has 56 valence electrons. The molecular formula is C5H8NO3P. The van der Waals surface area contributed by atoms with Crippen LogP contribution in [0, 0.1) is 0 Å². The third-order valence-electron chi connectivity index (χ3n) is 1.34. The highest BCUT2D eigenvalue weighted by Gasteiger charge is 2.24. The molecule has 0 amide bonds. The Morgan fingerprint density at radius 2 is 2.60 bits per heavy atom. The van der Waals surface area contributed by atoms with E-state index in [4.69, 9.17) is 0 Å². The van der Waals surface area contributed by atoms with Crippen molar-refractivity contribution in [2.45, 2.75) is 12.5 Å². The summed E-state index contributed by atoms with van der Waals surface area (Å²) in [4.78, 5) is 10.7. The minimum atomic E-state index is -0.235. The Morgan fingerprint density at radius 1 is 1.80 bits per heavy atom. The minimum absolute atomic E-state index is 0.0845. The SMILES string of the molecule is O=PCC[C@@H]1NCOC1=O. The molecule has 5 heteroatoms. The smallest absolute Gasteiger partial charge is 0.324 e. The molecule has 0 aromatic carbocycles. The lowest BCUT2D eigenvalue weighted by molar-refractivity contribution is -0.139. The summed E-state index contributed by atoms with van der Waals surface area (Å²) in [6.07, 6.45) is 1.09. The molecule has 10 heavy (non-hydrogen) atoms. The van der Waals surface area contributed by atoms with Gasteiger partial charge in [-0.05, 0) is 6.42 Å². The monoisotopic (exact) mass is 161 g/mol. The zero-order chi connectivity index (χ0) is 7.40. The molecule has 0 bridgehead atoms. The molecule has 1 heterocycles. The molecule has 0 spiro atoms. The van der Waals surface area contributed by atoms with Crippen molar-refractivity contribution in [1.29, 1.82) is 0 Å². The number of nitrogens with one attached hydrogen (secondary N) is 1. The maximum Gasteiger partial charge on any atom is 0.324 e. The molecule has 1 fully saturated rings. The van der Waals surface area contributed by atoms with Crippen molar-refractivity contribution in [2.75, 3.05) is 12.9 Å². The highest BCUT2D eigenvalue weighted by atomic mass is 31.1. The predicted molar refractivity (Wildman–Crippen MR) is 35.0 cm³/mol. The van der Waals surface area contributed by atoms with Gasteiger partial charge in [0.15, 0.2) is 8.46 Å². The highest BCUT2D eigenvalue weighted by Crippen LogP contribution is 2.05. The zero-order valence-electron chi connectivity index (χ0n) is 5.37. The van der Waals surface area contributed by atoms with Crippen LogP contribution in [-0.2, 0) is 14.1 Å². The number of rotatable bonds is 3. The summed E-state index contributed by atoms with van der Waals surface area (Å²) in [5.74, 6) is -0.233. The second kappa shape index (κ2) is 3.64. The normalized spacial score (nSPS) is 25.2. The van der Waals surface area contributed by atoms with Gasteiger partial charge in [-0.1, -0.05) is 0 Å². The molecule has 1 aliphatic rings. The summed E-state index contributed by atoms with van der Waals surface area (Å²) < 4.78 is 14.6. The standard InChI is InChI=1S/C5H8NO3P/c7-5-4(1-2-10-8)6-3-9-5/h4,6H,1-3H2/t4-/m0/s1. The van der Waals surface area contributed by atoms with Crippen molar-refractivity contribution in [3.8, 4) is 0 Å². The second-order valence-electron chi connectivity index (χ2n) is 2.01. The maximum atomic E-state index is 10.7. The molecule has 1 aliphatic heterocycles. The van der Waals surface area contributed by atoms with E-state index in [1.807, 2.05) is 0 Å². The Kier molecular flexibility index (Phi) is 2.78. The number of carbonyl (C=O) groups excluding carboxylic acids is 1. The van der Waals surface area contributed by atoms with Crippen LogP contribution in [0.2, 0.25) is 0 Å². The second-order valence-corrected chi connectivity index (χ2v) is 2.71. The molecule has 1 N–H and O–H groups in total. The van der Waals surface area contributed by atoms with E-state index < -0.39 is 0 Å².